The van der Waals surface area contributed by atoms with Crippen LogP contribution < -0.4 is 0 Å². The van der Waals surface area contributed by atoms with E-state index in [1.807, 2.05) is 0 Å². The summed E-state index contributed by atoms with van der Waals surface area (Å²) in [6.45, 7) is 3.02. The summed E-state index contributed by atoms with van der Waals surface area (Å²) in [6, 6.07) is 1.64. The Bertz CT molecular complexity index is 843. The number of carbonyl (C=O) groups is 3. The maximum absolute atomic E-state index is 11.5. The van der Waals surface area contributed by atoms with Gasteiger partial charge < -0.3 is 29.1 Å². The highest BCUT2D eigenvalue weighted by Crippen LogP contribution is 2.36. The average molecular weight is 396 g/mol. The highest BCUT2D eigenvalue weighted by Gasteiger charge is 2.51. The van der Waals surface area contributed by atoms with Gasteiger partial charge in [-0.3, -0.25) is 19.0 Å². The van der Waals surface area contributed by atoms with Crippen molar-refractivity contribution in [1.82, 2.24) is 9.55 Å². The number of nitrogens with zero attached hydrogens (tertiary/aromatic N) is 4. The summed E-state index contributed by atoms with van der Waals surface area (Å²) < 4.78 is 21.9. The molecule has 1 aromatic rings. The van der Waals surface area contributed by atoms with Crippen molar-refractivity contribution in [3.8, 4) is 6.07 Å². The van der Waals surface area contributed by atoms with Crippen molar-refractivity contribution in [3.63, 3.8) is 0 Å². The molecule has 13 nitrogen and oxygen atoms in total. The minimum atomic E-state index is -1.29. The van der Waals surface area contributed by atoms with E-state index in [0.717, 1.165) is 31.7 Å². The second-order valence-electron chi connectivity index (χ2n) is 5.71. The molecule has 0 amide bonds. The molecule has 0 unspecified atom stereocenters. The molecule has 0 N–H and O–H groups in total. The minimum Gasteiger partial charge on any atom is -0.463 e. The van der Waals surface area contributed by atoms with Crippen molar-refractivity contribution in [2.75, 3.05) is 6.61 Å². The van der Waals surface area contributed by atoms with Crippen molar-refractivity contribution in [1.29, 1.82) is 5.26 Å². The normalized spacial score (nSPS) is 23.5. The molecular weight excluding hydrogens is 380 g/mol. The van der Waals surface area contributed by atoms with Gasteiger partial charge in [0, 0.05) is 20.8 Å². The molecule has 150 valence electrons. The van der Waals surface area contributed by atoms with Gasteiger partial charge in [0.05, 0.1) is 0 Å². The Hall–Kier alpha value is -3.53. The Kier molecular flexibility index (Phi) is 6.26. The zero-order valence-electron chi connectivity index (χ0n) is 15.1. The lowest BCUT2D eigenvalue weighted by atomic mass is 10.1. The molecule has 0 aromatic carbocycles. The van der Waals surface area contributed by atoms with Crippen LogP contribution in [0.2, 0.25) is 0 Å². The van der Waals surface area contributed by atoms with Gasteiger partial charge in [-0.05, 0) is 9.91 Å². The van der Waals surface area contributed by atoms with E-state index in [2.05, 4.69) is 4.98 Å². The molecule has 0 aliphatic carbocycles. The monoisotopic (exact) mass is 396 g/mol. The first kappa shape index (κ1) is 20.8. The van der Waals surface area contributed by atoms with Crippen LogP contribution in [0.15, 0.2) is 6.33 Å². The van der Waals surface area contributed by atoms with Crippen LogP contribution in [0, 0.1) is 21.4 Å². The number of hydrogen-bond donors (Lipinski definition) is 0. The van der Waals surface area contributed by atoms with Crippen LogP contribution >= 0.6 is 0 Å². The van der Waals surface area contributed by atoms with E-state index in [1.165, 1.54) is 0 Å². The molecule has 28 heavy (non-hydrogen) atoms. The molecule has 0 saturated carbocycles. The molecule has 2 heterocycles. The number of imidazole rings is 1. The third-order valence-corrected chi connectivity index (χ3v) is 3.67. The molecule has 1 fully saturated rings. The summed E-state index contributed by atoms with van der Waals surface area (Å²) in [4.78, 5) is 47.9. The first-order valence-corrected chi connectivity index (χ1v) is 7.90. The van der Waals surface area contributed by atoms with Gasteiger partial charge in [-0.2, -0.15) is 5.26 Å². The predicted molar refractivity (Wildman–Crippen MR) is 85.2 cm³/mol. The molecule has 0 spiro atoms. The van der Waals surface area contributed by atoms with E-state index in [9.17, 15) is 29.8 Å². The Morgan fingerprint density at radius 2 is 1.86 bits per heavy atom. The van der Waals surface area contributed by atoms with Crippen molar-refractivity contribution in [2.45, 2.75) is 45.3 Å². The zero-order valence-corrected chi connectivity index (χ0v) is 15.1. The topological polar surface area (TPSA) is 173 Å². The van der Waals surface area contributed by atoms with Crippen LogP contribution in [0.1, 0.15) is 32.7 Å². The van der Waals surface area contributed by atoms with E-state index >= 15 is 0 Å². The van der Waals surface area contributed by atoms with Gasteiger partial charge in [-0.15, -0.1) is 0 Å². The number of hydrogen-bond acceptors (Lipinski definition) is 11. The maximum Gasteiger partial charge on any atom is 0.400 e. The highest BCUT2D eigenvalue weighted by molar-refractivity contribution is 5.68. The molecule has 1 aromatic heterocycles. The smallest absolute Gasteiger partial charge is 0.400 e. The van der Waals surface area contributed by atoms with E-state index < -0.39 is 58.9 Å². The van der Waals surface area contributed by atoms with E-state index in [4.69, 9.17) is 18.9 Å². The Morgan fingerprint density at radius 1 is 1.25 bits per heavy atom. The number of nitriles is 1. The number of nitro groups is 1. The molecule has 1 aliphatic rings. The summed E-state index contributed by atoms with van der Waals surface area (Å²) in [7, 11) is 0. The van der Waals surface area contributed by atoms with Crippen molar-refractivity contribution in [3.05, 3.63) is 22.1 Å². The van der Waals surface area contributed by atoms with Gasteiger partial charge in [0.1, 0.15) is 18.8 Å². The van der Waals surface area contributed by atoms with Crippen LogP contribution in [0.25, 0.3) is 0 Å². The molecule has 0 radical (unpaired) electrons. The fraction of sp³-hybridized carbons (Fsp3) is 0.533. The summed E-state index contributed by atoms with van der Waals surface area (Å²) in [6.07, 6.45) is -3.85. The summed E-state index contributed by atoms with van der Waals surface area (Å²) in [5.41, 5.74) is -0.457. The standard InChI is InChI=1S/C15H16N4O9/c1-7(20)25-5-11-12(26-8(2)21)13(27-9(3)22)15(28-11)18-6-17-14(19(23)24)10(18)4-16/h6,11-13,15H,5H2,1-3H3/t11-,12-,13-,15-/m1/s1. The summed E-state index contributed by atoms with van der Waals surface area (Å²) in [5, 5.41) is 20.3. The third-order valence-electron chi connectivity index (χ3n) is 3.67. The van der Waals surface area contributed by atoms with Crippen LogP contribution in [0.3, 0.4) is 0 Å². The fourth-order valence-corrected chi connectivity index (χ4v) is 2.70. The highest BCUT2D eigenvalue weighted by atomic mass is 16.7. The predicted octanol–water partition coefficient (Wildman–Crippen LogP) is -0.0131. The second kappa shape index (κ2) is 8.44. The lowest BCUT2D eigenvalue weighted by Gasteiger charge is -2.23. The van der Waals surface area contributed by atoms with Crippen LogP contribution in [-0.4, -0.2) is 57.3 Å². The van der Waals surface area contributed by atoms with E-state index in [-0.39, 0.29) is 6.61 Å². The van der Waals surface area contributed by atoms with Crippen LogP contribution in [0.4, 0.5) is 5.82 Å². The van der Waals surface area contributed by atoms with Gasteiger partial charge in [0.15, 0.2) is 18.4 Å². The van der Waals surface area contributed by atoms with Crippen molar-refractivity contribution < 1.29 is 38.3 Å². The zero-order chi connectivity index (χ0) is 21.0. The molecule has 1 saturated heterocycles. The molecule has 4 atom stereocenters. The molecule has 0 bridgehead atoms. The number of ether oxygens (including phenoxy) is 4. The Labute approximate surface area is 157 Å². The summed E-state index contributed by atoms with van der Waals surface area (Å²) >= 11 is 0. The van der Waals surface area contributed by atoms with Gasteiger partial charge in [0.25, 0.3) is 0 Å². The van der Waals surface area contributed by atoms with Crippen LogP contribution in [0.5, 0.6) is 0 Å². The third kappa shape index (κ3) is 4.41. The molecule has 13 heteroatoms. The molecule has 1 aliphatic heterocycles. The Morgan fingerprint density at radius 3 is 2.36 bits per heavy atom. The van der Waals surface area contributed by atoms with Crippen molar-refractivity contribution in [2.24, 2.45) is 0 Å². The van der Waals surface area contributed by atoms with Gasteiger partial charge in [-0.25, -0.2) is 0 Å². The SMILES string of the molecule is CC(=O)OC[C@H]1O[C@@H](n2cnc([N+](=O)[O-])c2C#N)[C@H](OC(C)=O)[C@@H]1OC(C)=O. The van der Waals surface area contributed by atoms with Gasteiger partial charge in [-0.1, -0.05) is 0 Å². The number of carbonyl (C=O) groups excluding carboxylic acids is 3. The minimum absolute atomic E-state index is 0.347. The first-order chi connectivity index (χ1) is 13.1. The first-order valence-electron chi connectivity index (χ1n) is 7.90. The average Bonchev–Trinajstić information content (AvgIpc) is 3.14. The van der Waals surface area contributed by atoms with Gasteiger partial charge >= 0.3 is 23.7 Å². The second-order valence-corrected chi connectivity index (χ2v) is 5.71. The van der Waals surface area contributed by atoms with Gasteiger partial charge in [0.2, 0.25) is 12.0 Å². The maximum atomic E-state index is 11.5. The lowest BCUT2D eigenvalue weighted by molar-refractivity contribution is -0.389. The largest absolute Gasteiger partial charge is 0.463 e. The van der Waals surface area contributed by atoms with E-state index in [1.54, 1.807) is 6.07 Å². The van der Waals surface area contributed by atoms with Crippen LogP contribution in [-0.2, 0) is 33.3 Å². The number of esters is 3. The quantitative estimate of drug-likeness (QED) is 0.274. The lowest BCUT2D eigenvalue weighted by Crippen LogP contribution is -2.40. The fourth-order valence-electron chi connectivity index (χ4n) is 2.70. The molecule has 2 rings (SSSR count). The Balaban J connectivity index is 2.47. The summed E-state index contributed by atoms with van der Waals surface area (Å²) in [5.74, 6) is -2.83. The van der Waals surface area contributed by atoms with E-state index in [0.29, 0.717) is 0 Å². The number of aromatic nitrogens is 2. The van der Waals surface area contributed by atoms with Crippen molar-refractivity contribution >= 4 is 23.7 Å². The number of rotatable bonds is 6. The molecular formula is C15H16N4O9.